The molecule has 2 heterocycles. The van der Waals surface area contributed by atoms with Gasteiger partial charge in [0, 0.05) is 11.1 Å². The first-order valence-corrected chi connectivity index (χ1v) is 6.64. The van der Waals surface area contributed by atoms with E-state index in [0.717, 1.165) is 36.0 Å². The van der Waals surface area contributed by atoms with Gasteiger partial charge in [-0.1, -0.05) is 18.2 Å². The van der Waals surface area contributed by atoms with Crippen molar-refractivity contribution in [3.05, 3.63) is 46.2 Å². The Morgan fingerprint density at radius 2 is 1.94 bits per heavy atom. The molecular weight excluding hydrogens is 224 g/mol. The van der Waals surface area contributed by atoms with E-state index < -0.39 is 0 Å². The van der Waals surface area contributed by atoms with Crippen molar-refractivity contribution in [2.75, 3.05) is 13.1 Å². The molecule has 0 saturated carbocycles. The Kier molecular flexibility index (Phi) is 3.15. The summed E-state index contributed by atoms with van der Waals surface area (Å²) < 4.78 is 0. The SMILES string of the molecule is O=c1[nH]c2ccccc2cc1CC1CCNCC1. The van der Waals surface area contributed by atoms with Gasteiger partial charge in [0.05, 0.1) is 0 Å². The number of aromatic nitrogens is 1. The fraction of sp³-hybridized carbons (Fsp3) is 0.400. The van der Waals surface area contributed by atoms with Crippen LogP contribution in [0.3, 0.4) is 0 Å². The molecule has 1 saturated heterocycles. The topological polar surface area (TPSA) is 44.9 Å². The van der Waals surface area contributed by atoms with Crippen LogP contribution in [0.1, 0.15) is 18.4 Å². The highest BCUT2D eigenvalue weighted by molar-refractivity contribution is 5.78. The molecule has 0 unspecified atom stereocenters. The van der Waals surface area contributed by atoms with Crippen LogP contribution in [0.2, 0.25) is 0 Å². The first kappa shape index (κ1) is 11.5. The van der Waals surface area contributed by atoms with Crippen molar-refractivity contribution in [3.63, 3.8) is 0 Å². The summed E-state index contributed by atoms with van der Waals surface area (Å²) in [7, 11) is 0. The maximum absolute atomic E-state index is 12.0. The fourth-order valence-electron chi connectivity index (χ4n) is 2.74. The van der Waals surface area contributed by atoms with Gasteiger partial charge in [0.15, 0.2) is 0 Å². The zero-order chi connectivity index (χ0) is 12.4. The van der Waals surface area contributed by atoms with Gasteiger partial charge in [-0.15, -0.1) is 0 Å². The lowest BCUT2D eigenvalue weighted by Crippen LogP contribution is -2.29. The number of hydrogen-bond donors (Lipinski definition) is 2. The quantitative estimate of drug-likeness (QED) is 0.846. The molecule has 0 amide bonds. The molecule has 3 nitrogen and oxygen atoms in total. The minimum absolute atomic E-state index is 0.0761. The molecule has 2 N–H and O–H groups in total. The number of aromatic amines is 1. The molecule has 3 heteroatoms. The van der Waals surface area contributed by atoms with Crippen LogP contribution in [0.15, 0.2) is 35.1 Å². The Bertz CT molecular complexity index is 597. The van der Waals surface area contributed by atoms with Crippen LogP contribution in [-0.4, -0.2) is 18.1 Å². The minimum atomic E-state index is 0.0761. The van der Waals surface area contributed by atoms with E-state index in [-0.39, 0.29) is 5.56 Å². The smallest absolute Gasteiger partial charge is 0.251 e. The molecule has 0 aliphatic carbocycles. The average Bonchev–Trinajstić information content (AvgIpc) is 2.41. The van der Waals surface area contributed by atoms with E-state index in [9.17, 15) is 4.79 Å². The Morgan fingerprint density at radius 1 is 1.17 bits per heavy atom. The normalized spacial score (nSPS) is 17.1. The van der Waals surface area contributed by atoms with E-state index in [4.69, 9.17) is 0 Å². The van der Waals surface area contributed by atoms with Crippen LogP contribution < -0.4 is 10.9 Å². The third-order valence-corrected chi connectivity index (χ3v) is 3.80. The molecule has 0 spiro atoms. The van der Waals surface area contributed by atoms with Crippen LogP contribution in [-0.2, 0) is 6.42 Å². The van der Waals surface area contributed by atoms with Gasteiger partial charge < -0.3 is 10.3 Å². The van der Waals surface area contributed by atoms with Crippen LogP contribution in [0.25, 0.3) is 10.9 Å². The van der Waals surface area contributed by atoms with Gasteiger partial charge in [-0.3, -0.25) is 4.79 Å². The largest absolute Gasteiger partial charge is 0.322 e. The summed E-state index contributed by atoms with van der Waals surface area (Å²) in [5, 5.41) is 4.48. The Balaban J connectivity index is 1.91. The maximum Gasteiger partial charge on any atom is 0.251 e. The van der Waals surface area contributed by atoms with Crippen molar-refractivity contribution in [3.8, 4) is 0 Å². The van der Waals surface area contributed by atoms with Crippen molar-refractivity contribution < 1.29 is 0 Å². The minimum Gasteiger partial charge on any atom is -0.322 e. The van der Waals surface area contributed by atoms with E-state index >= 15 is 0 Å². The average molecular weight is 242 g/mol. The molecule has 0 bridgehead atoms. The van der Waals surface area contributed by atoms with Gasteiger partial charge in [-0.25, -0.2) is 0 Å². The second-order valence-electron chi connectivity index (χ2n) is 5.11. The number of piperidine rings is 1. The highest BCUT2D eigenvalue weighted by Crippen LogP contribution is 2.18. The van der Waals surface area contributed by atoms with Crippen molar-refractivity contribution in [2.24, 2.45) is 5.92 Å². The molecular formula is C15H18N2O. The van der Waals surface area contributed by atoms with Gasteiger partial charge in [-0.05, 0) is 55.8 Å². The zero-order valence-electron chi connectivity index (χ0n) is 10.4. The van der Waals surface area contributed by atoms with E-state index in [1.807, 2.05) is 18.2 Å². The third-order valence-electron chi connectivity index (χ3n) is 3.80. The summed E-state index contributed by atoms with van der Waals surface area (Å²) >= 11 is 0. The highest BCUT2D eigenvalue weighted by Gasteiger charge is 2.15. The first-order chi connectivity index (χ1) is 8.83. The summed E-state index contributed by atoms with van der Waals surface area (Å²) in [4.78, 5) is 15.0. The molecule has 2 aromatic rings. The summed E-state index contributed by atoms with van der Waals surface area (Å²) in [6.45, 7) is 2.16. The number of H-pyrrole nitrogens is 1. The van der Waals surface area contributed by atoms with E-state index in [1.165, 1.54) is 12.8 Å². The number of nitrogens with one attached hydrogen (secondary N) is 2. The lowest BCUT2D eigenvalue weighted by atomic mass is 9.91. The predicted molar refractivity (Wildman–Crippen MR) is 73.9 cm³/mol. The highest BCUT2D eigenvalue weighted by atomic mass is 16.1. The molecule has 1 fully saturated rings. The van der Waals surface area contributed by atoms with E-state index in [1.54, 1.807) is 0 Å². The van der Waals surface area contributed by atoms with Gasteiger partial charge >= 0.3 is 0 Å². The maximum atomic E-state index is 12.0. The number of fused-ring (bicyclic) bond motifs is 1. The summed E-state index contributed by atoms with van der Waals surface area (Å²) in [6.07, 6.45) is 3.25. The molecule has 1 aliphatic rings. The molecule has 0 radical (unpaired) electrons. The number of rotatable bonds is 2. The fourth-order valence-corrected chi connectivity index (χ4v) is 2.74. The Morgan fingerprint density at radius 3 is 2.78 bits per heavy atom. The van der Waals surface area contributed by atoms with Crippen LogP contribution in [0.5, 0.6) is 0 Å². The summed E-state index contributed by atoms with van der Waals surface area (Å²) in [5.41, 5.74) is 1.93. The first-order valence-electron chi connectivity index (χ1n) is 6.64. The van der Waals surface area contributed by atoms with Gasteiger partial charge in [0.25, 0.3) is 5.56 Å². The van der Waals surface area contributed by atoms with Crippen molar-refractivity contribution >= 4 is 10.9 Å². The lowest BCUT2D eigenvalue weighted by Gasteiger charge is -2.22. The number of hydrogen-bond acceptors (Lipinski definition) is 2. The van der Waals surface area contributed by atoms with Crippen LogP contribution in [0, 0.1) is 5.92 Å². The number of benzene rings is 1. The molecule has 3 rings (SSSR count). The predicted octanol–water partition coefficient (Wildman–Crippen LogP) is 2.07. The van der Waals surface area contributed by atoms with Gasteiger partial charge in [0.2, 0.25) is 0 Å². The Labute approximate surface area is 106 Å². The standard InChI is InChI=1S/C15H18N2O/c18-15-13(9-11-5-7-16-8-6-11)10-12-3-1-2-4-14(12)17-15/h1-4,10-11,16H,5-9H2,(H,17,18). The van der Waals surface area contributed by atoms with Crippen molar-refractivity contribution in [1.29, 1.82) is 0 Å². The lowest BCUT2D eigenvalue weighted by molar-refractivity contribution is 0.372. The van der Waals surface area contributed by atoms with E-state index in [0.29, 0.717) is 5.92 Å². The molecule has 94 valence electrons. The third kappa shape index (κ3) is 2.31. The zero-order valence-corrected chi connectivity index (χ0v) is 10.4. The second kappa shape index (κ2) is 4.94. The van der Waals surface area contributed by atoms with Crippen LogP contribution in [0.4, 0.5) is 0 Å². The number of pyridine rings is 1. The van der Waals surface area contributed by atoms with Crippen molar-refractivity contribution in [1.82, 2.24) is 10.3 Å². The van der Waals surface area contributed by atoms with Crippen LogP contribution >= 0.6 is 0 Å². The molecule has 18 heavy (non-hydrogen) atoms. The molecule has 1 aliphatic heterocycles. The van der Waals surface area contributed by atoms with Gasteiger partial charge in [-0.2, -0.15) is 0 Å². The monoisotopic (exact) mass is 242 g/mol. The summed E-state index contributed by atoms with van der Waals surface area (Å²) in [5.74, 6) is 0.647. The molecule has 1 aromatic heterocycles. The Hall–Kier alpha value is -1.61. The molecule has 0 atom stereocenters. The second-order valence-corrected chi connectivity index (χ2v) is 5.11. The summed E-state index contributed by atoms with van der Waals surface area (Å²) in [6, 6.07) is 10.0. The van der Waals surface area contributed by atoms with Crippen molar-refractivity contribution in [2.45, 2.75) is 19.3 Å². The van der Waals surface area contributed by atoms with Gasteiger partial charge in [0.1, 0.15) is 0 Å². The number of para-hydroxylation sites is 1. The van der Waals surface area contributed by atoms with E-state index in [2.05, 4.69) is 22.4 Å². The molecule has 1 aromatic carbocycles.